The summed E-state index contributed by atoms with van der Waals surface area (Å²) >= 11 is 0. The van der Waals surface area contributed by atoms with Crippen molar-refractivity contribution in [3.05, 3.63) is 36.0 Å². The molecule has 4 heterocycles. The van der Waals surface area contributed by atoms with E-state index in [9.17, 15) is 18.4 Å². The summed E-state index contributed by atoms with van der Waals surface area (Å²) in [6.07, 6.45) is -0.570. The zero-order valence-corrected chi connectivity index (χ0v) is 19.3. The standard InChI is InChI=1S/C25H31F3N6/c26-25(27,28)22-17-34(23-4-3-18(14-29)24-21(23)2-1-7-31-24)16-19(22)15-32-10-5-20(6-11-32)33-12-8-30-9-13-33/h1-4,7,19-20,22,30H,5-6,8-13,15-17H2/t19-,22-/m0/s1. The summed E-state index contributed by atoms with van der Waals surface area (Å²) in [6, 6.07) is 9.74. The Labute approximate surface area is 198 Å². The van der Waals surface area contributed by atoms with E-state index in [0.717, 1.165) is 63.2 Å². The first-order valence-electron chi connectivity index (χ1n) is 12.2. The van der Waals surface area contributed by atoms with Crippen LogP contribution in [-0.4, -0.2) is 85.9 Å². The Kier molecular flexibility index (Phi) is 6.65. The van der Waals surface area contributed by atoms with E-state index in [-0.39, 0.29) is 6.54 Å². The molecule has 0 spiro atoms. The molecule has 0 bridgehead atoms. The lowest BCUT2D eigenvalue weighted by atomic mass is 9.93. The molecular formula is C25H31F3N6. The van der Waals surface area contributed by atoms with E-state index in [4.69, 9.17) is 0 Å². The Morgan fingerprint density at radius 2 is 1.82 bits per heavy atom. The second-order valence-corrected chi connectivity index (χ2v) is 9.77. The van der Waals surface area contributed by atoms with Crippen LogP contribution in [0.25, 0.3) is 10.9 Å². The highest BCUT2D eigenvalue weighted by molar-refractivity contribution is 5.95. The van der Waals surface area contributed by atoms with E-state index >= 15 is 0 Å². The van der Waals surface area contributed by atoms with Crippen molar-refractivity contribution >= 4 is 16.6 Å². The maximum atomic E-state index is 14.1. The normalized spacial score (nSPS) is 25.6. The van der Waals surface area contributed by atoms with Crippen LogP contribution in [0.4, 0.5) is 18.9 Å². The molecule has 5 rings (SSSR count). The molecule has 0 unspecified atom stereocenters. The van der Waals surface area contributed by atoms with E-state index in [2.05, 4.69) is 26.2 Å². The molecule has 0 aliphatic carbocycles. The minimum Gasteiger partial charge on any atom is -0.370 e. The molecule has 0 radical (unpaired) electrons. The number of halogens is 3. The summed E-state index contributed by atoms with van der Waals surface area (Å²) in [5.74, 6) is -1.83. The summed E-state index contributed by atoms with van der Waals surface area (Å²) in [6.45, 7) is 6.66. The SMILES string of the molecule is N#Cc1ccc(N2C[C@H](CN3CCC(N4CCNCC4)CC3)[C@@H](C(F)(F)F)C2)c2cccnc12. The van der Waals surface area contributed by atoms with Crippen molar-refractivity contribution in [2.45, 2.75) is 25.1 Å². The Bertz CT molecular complexity index is 1040. The molecule has 34 heavy (non-hydrogen) atoms. The smallest absolute Gasteiger partial charge is 0.370 e. The topological polar surface area (TPSA) is 58.4 Å². The lowest BCUT2D eigenvalue weighted by Crippen LogP contribution is -2.52. The Balaban J connectivity index is 1.30. The van der Waals surface area contributed by atoms with Gasteiger partial charge in [0, 0.05) is 75.0 Å². The molecule has 6 nitrogen and oxygen atoms in total. The number of piperazine rings is 1. The lowest BCUT2D eigenvalue weighted by molar-refractivity contribution is -0.180. The molecule has 9 heteroatoms. The number of benzene rings is 1. The van der Waals surface area contributed by atoms with Gasteiger partial charge in [-0.15, -0.1) is 0 Å². The largest absolute Gasteiger partial charge is 0.393 e. The predicted octanol–water partition coefficient (Wildman–Crippen LogP) is 3.09. The van der Waals surface area contributed by atoms with Gasteiger partial charge >= 0.3 is 6.18 Å². The van der Waals surface area contributed by atoms with Crippen LogP contribution in [0, 0.1) is 23.2 Å². The van der Waals surface area contributed by atoms with Crippen molar-refractivity contribution in [3.63, 3.8) is 0 Å². The van der Waals surface area contributed by atoms with Crippen LogP contribution in [0.2, 0.25) is 0 Å². The number of anilines is 1. The van der Waals surface area contributed by atoms with Crippen molar-refractivity contribution in [2.75, 3.05) is 63.8 Å². The number of hydrogen-bond donors (Lipinski definition) is 1. The van der Waals surface area contributed by atoms with E-state index in [1.165, 1.54) is 0 Å². The highest BCUT2D eigenvalue weighted by atomic mass is 19.4. The van der Waals surface area contributed by atoms with Crippen LogP contribution in [0.1, 0.15) is 18.4 Å². The molecule has 3 fully saturated rings. The number of hydrogen-bond acceptors (Lipinski definition) is 6. The zero-order valence-electron chi connectivity index (χ0n) is 19.3. The highest BCUT2D eigenvalue weighted by Crippen LogP contribution is 2.41. The maximum absolute atomic E-state index is 14.1. The van der Waals surface area contributed by atoms with E-state index in [1.807, 2.05) is 11.0 Å². The number of alkyl halides is 3. The fourth-order valence-electron chi connectivity index (χ4n) is 5.99. The molecule has 2 aromatic rings. The van der Waals surface area contributed by atoms with Gasteiger partial charge in [-0.25, -0.2) is 0 Å². The molecule has 3 saturated heterocycles. The molecule has 1 aromatic heterocycles. The van der Waals surface area contributed by atoms with Gasteiger partial charge in [-0.3, -0.25) is 9.88 Å². The van der Waals surface area contributed by atoms with Crippen molar-refractivity contribution in [1.82, 2.24) is 20.1 Å². The molecule has 2 atom stereocenters. The van der Waals surface area contributed by atoms with Crippen LogP contribution in [0.15, 0.2) is 30.5 Å². The molecular weight excluding hydrogens is 441 g/mol. The predicted molar refractivity (Wildman–Crippen MR) is 126 cm³/mol. The van der Waals surface area contributed by atoms with E-state index in [0.29, 0.717) is 30.2 Å². The van der Waals surface area contributed by atoms with Crippen molar-refractivity contribution in [2.24, 2.45) is 11.8 Å². The van der Waals surface area contributed by atoms with Crippen molar-refractivity contribution in [1.29, 1.82) is 5.26 Å². The van der Waals surface area contributed by atoms with Gasteiger partial charge in [0.1, 0.15) is 6.07 Å². The number of aromatic nitrogens is 1. The summed E-state index contributed by atoms with van der Waals surface area (Å²) < 4.78 is 42.2. The number of nitrogens with zero attached hydrogens (tertiary/aromatic N) is 5. The number of piperidine rings is 1. The monoisotopic (exact) mass is 472 g/mol. The van der Waals surface area contributed by atoms with Crippen LogP contribution >= 0.6 is 0 Å². The quantitative estimate of drug-likeness (QED) is 0.738. The summed E-state index contributed by atoms with van der Waals surface area (Å²) in [4.78, 5) is 10.9. The number of nitrogens with one attached hydrogen (secondary N) is 1. The van der Waals surface area contributed by atoms with Gasteiger partial charge in [-0.2, -0.15) is 18.4 Å². The van der Waals surface area contributed by atoms with Gasteiger partial charge < -0.3 is 15.1 Å². The number of pyridine rings is 1. The number of fused-ring (bicyclic) bond motifs is 1. The lowest BCUT2D eigenvalue weighted by Gasteiger charge is -2.41. The number of rotatable bonds is 4. The first-order valence-corrected chi connectivity index (χ1v) is 12.2. The van der Waals surface area contributed by atoms with Gasteiger partial charge in [0.05, 0.1) is 17.0 Å². The molecule has 1 N–H and O–H groups in total. The van der Waals surface area contributed by atoms with Crippen molar-refractivity contribution < 1.29 is 13.2 Å². The minimum absolute atomic E-state index is 0.0543. The minimum atomic E-state index is -4.24. The number of likely N-dealkylation sites (tertiary alicyclic amines) is 1. The van der Waals surface area contributed by atoms with Crippen molar-refractivity contribution in [3.8, 4) is 6.07 Å². The average molecular weight is 473 g/mol. The molecule has 182 valence electrons. The van der Waals surface area contributed by atoms with Gasteiger partial charge in [-0.1, -0.05) is 0 Å². The molecule has 1 aromatic carbocycles. The fraction of sp³-hybridized carbons (Fsp3) is 0.600. The Morgan fingerprint density at radius 3 is 2.53 bits per heavy atom. The highest BCUT2D eigenvalue weighted by Gasteiger charge is 2.50. The second-order valence-electron chi connectivity index (χ2n) is 9.77. The summed E-state index contributed by atoms with van der Waals surface area (Å²) in [5.41, 5.74) is 1.72. The molecule has 0 amide bonds. The van der Waals surface area contributed by atoms with Gasteiger partial charge in [0.25, 0.3) is 0 Å². The van der Waals surface area contributed by atoms with Gasteiger partial charge in [0.15, 0.2) is 0 Å². The van der Waals surface area contributed by atoms with Crippen LogP contribution in [-0.2, 0) is 0 Å². The molecule has 0 saturated carbocycles. The number of nitriles is 1. The maximum Gasteiger partial charge on any atom is 0.393 e. The van der Waals surface area contributed by atoms with Gasteiger partial charge in [-0.05, 0) is 50.2 Å². The summed E-state index contributed by atoms with van der Waals surface area (Å²) in [5, 5.41) is 13.5. The third-order valence-corrected chi connectivity index (χ3v) is 7.79. The third-order valence-electron chi connectivity index (χ3n) is 7.79. The van der Waals surface area contributed by atoms with E-state index < -0.39 is 18.0 Å². The Morgan fingerprint density at radius 1 is 1.06 bits per heavy atom. The van der Waals surface area contributed by atoms with E-state index in [1.54, 1.807) is 24.4 Å². The zero-order chi connectivity index (χ0) is 23.7. The average Bonchev–Trinajstić information content (AvgIpc) is 3.28. The Hall–Kier alpha value is -2.41. The van der Waals surface area contributed by atoms with Crippen LogP contribution in [0.3, 0.4) is 0 Å². The first kappa shape index (κ1) is 23.3. The fourth-order valence-corrected chi connectivity index (χ4v) is 5.99. The first-order chi connectivity index (χ1) is 16.4. The van der Waals surface area contributed by atoms with Gasteiger partial charge in [0.2, 0.25) is 0 Å². The molecule has 3 aliphatic heterocycles. The van der Waals surface area contributed by atoms with Crippen LogP contribution < -0.4 is 10.2 Å². The summed E-state index contributed by atoms with van der Waals surface area (Å²) in [7, 11) is 0. The third kappa shape index (κ3) is 4.72. The molecule has 3 aliphatic rings. The van der Waals surface area contributed by atoms with Crippen LogP contribution in [0.5, 0.6) is 0 Å². The second kappa shape index (κ2) is 9.68.